The number of ether oxygens (including phenoxy) is 2. The molecular formula is C26H24FN3O5. The summed E-state index contributed by atoms with van der Waals surface area (Å²) in [4.78, 5) is 37.6. The van der Waals surface area contributed by atoms with E-state index >= 15 is 0 Å². The second-order valence-corrected chi connectivity index (χ2v) is 7.94. The molecule has 3 N–H and O–H groups in total. The number of nitrogens with one attached hydrogen (secondary N) is 3. The zero-order valence-electron chi connectivity index (χ0n) is 18.6. The molecule has 8 nitrogen and oxygen atoms in total. The fourth-order valence-electron chi connectivity index (χ4n) is 3.47. The van der Waals surface area contributed by atoms with Gasteiger partial charge in [0.05, 0.1) is 0 Å². The van der Waals surface area contributed by atoms with Crippen molar-refractivity contribution in [3.8, 4) is 5.75 Å². The number of carbonyl (C=O) groups is 3. The highest BCUT2D eigenvalue weighted by Crippen LogP contribution is 2.16. The van der Waals surface area contributed by atoms with E-state index in [4.69, 9.17) is 9.47 Å². The zero-order valence-corrected chi connectivity index (χ0v) is 18.6. The lowest BCUT2D eigenvalue weighted by Crippen LogP contribution is -2.72. The zero-order chi connectivity index (χ0) is 24.6. The third-order valence-corrected chi connectivity index (χ3v) is 5.35. The lowest BCUT2D eigenvalue weighted by molar-refractivity contribution is -0.143. The van der Waals surface area contributed by atoms with Crippen LogP contribution < -0.4 is 20.7 Å². The summed E-state index contributed by atoms with van der Waals surface area (Å²) in [6, 6.07) is 21.5. The van der Waals surface area contributed by atoms with Crippen molar-refractivity contribution < 1.29 is 28.2 Å². The highest BCUT2D eigenvalue weighted by atomic mass is 19.1. The number of hydrogen-bond acceptors (Lipinski definition) is 5. The molecule has 1 saturated heterocycles. The molecule has 3 aromatic rings. The molecule has 0 saturated carbocycles. The van der Waals surface area contributed by atoms with Crippen LogP contribution in [0.1, 0.15) is 11.1 Å². The summed E-state index contributed by atoms with van der Waals surface area (Å²) in [6.07, 6.45) is -1.50. The van der Waals surface area contributed by atoms with Gasteiger partial charge in [-0.1, -0.05) is 60.7 Å². The molecule has 0 aliphatic carbocycles. The third kappa shape index (κ3) is 6.57. The van der Waals surface area contributed by atoms with Gasteiger partial charge in [0.25, 0.3) is 5.91 Å². The third-order valence-electron chi connectivity index (χ3n) is 5.35. The minimum Gasteiger partial charge on any atom is -0.468 e. The van der Waals surface area contributed by atoms with Crippen LogP contribution in [0.2, 0.25) is 0 Å². The van der Waals surface area contributed by atoms with Gasteiger partial charge in [-0.15, -0.1) is 0 Å². The molecule has 3 aromatic carbocycles. The Labute approximate surface area is 201 Å². The first-order valence-corrected chi connectivity index (χ1v) is 11.0. The fourth-order valence-corrected chi connectivity index (χ4v) is 3.47. The molecule has 0 radical (unpaired) electrons. The lowest BCUT2D eigenvalue weighted by atomic mass is 10.0. The standard InChI is InChI=1S/C26H24FN3O5/c27-19-13-11-17(12-14-19)15-21(28-26(33)34-16-18-7-3-1-4-8-18)23(31)29-22-24(32)30-25(22)35-20-9-5-2-6-10-20/h1-14,21-22,25H,15-16H2,(H,28,33)(H,29,31)(H,30,32)/t21-,22+,25-/m0/s1. The first-order chi connectivity index (χ1) is 17.0. The summed E-state index contributed by atoms with van der Waals surface area (Å²) in [5.41, 5.74) is 1.40. The maximum absolute atomic E-state index is 13.3. The Hall–Kier alpha value is -4.40. The predicted molar refractivity (Wildman–Crippen MR) is 125 cm³/mol. The average Bonchev–Trinajstić information content (AvgIpc) is 2.88. The van der Waals surface area contributed by atoms with Gasteiger partial charge in [0.2, 0.25) is 12.1 Å². The lowest BCUT2D eigenvalue weighted by Gasteiger charge is -2.37. The van der Waals surface area contributed by atoms with E-state index in [0.717, 1.165) is 5.56 Å². The number of benzene rings is 3. The number of amides is 3. The van der Waals surface area contributed by atoms with Crippen molar-refractivity contribution in [1.82, 2.24) is 16.0 Å². The van der Waals surface area contributed by atoms with Gasteiger partial charge < -0.3 is 25.4 Å². The molecule has 180 valence electrons. The number of alkyl carbamates (subject to hydrolysis) is 1. The smallest absolute Gasteiger partial charge is 0.408 e. The molecule has 9 heteroatoms. The van der Waals surface area contributed by atoms with Gasteiger partial charge in [0, 0.05) is 6.42 Å². The molecule has 0 unspecified atom stereocenters. The summed E-state index contributed by atoms with van der Waals surface area (Å²) in [5, 5.41) is 7.76. The SMILES string of the molecule is O=C(N[C@@H](Cc1ccc(F)cc1)C(=O)N[C@@H]1C(=O)N[C@H]1Oc1ccccc1)OCc1ccccc1. The summed E-state index contributed by atoms with van der Waals surface area (Å²) < 4.78 is 24.3. The predicted octanol–water partition coefficient (Wildman–Crippen LogP) is 2.68. The number of hydrogen-bond donors (Lipinski definition) is 3. The topological polar surface area (TPSA) is 106 Å². The van der Waals surface area contributed by atoms with Gasteiger partial charge in [0.15, 0.2) is 6.04 Å². The number of β-lactam (4-membered cyclic amide) rings is 1. The molecule has 1 fully saturated rings. The van der Waals surface area contributed by atoms with E-state index in [2.05, 4.69) is 16.0 Å². The Morgan fingerprint density at radius 3 is 2.23 bits per heavy atom. The maximum atomic E-state index is 13.3. The van der Waals surface area contributed by atoms with Gasteiger partial charge in [-0.3, -0.25) is 9.59 Å². The molecule has 3 amide bonds. The Kier molecular flexibility index (Phi) is 7.57. The molecule has 35 heavy (non-hydrogen) atoms. The molecule has 1 heterocycles. The van der Waals surface area contributed by atoms with Crippen molar-refractivity contribution in [2.24, 2.45) is 0 Å². The van der Waals surface area contributed by atoms with Crippen LogP contribution in [0, 0.1) is 5.82 Å². The number of halogens is 1. The van der Waals surface area contributed by atoms with Crippen LogP contribution in [-0.2, 0) is 27.4 Å². The van der Waals surface area contributed by atoms with Gasteiger partial charge in [-0.25, -0.2) is 9.18 Å². The largest absolute Gasteiger partial charge is 0.468 e. The Bertz CT molecular complexity index is 1160. The highest BCUT2D eigenvalue weighted by Gasteiger charge is 2.43. The number of rotatable bonds is 9. The maximum Gasteiger partial charge on any atom is 0.408 e. The van der Waals surface area contributed by atoms with Crippen molar-refractivity contribution >= 4 is 17.9 Å². The summed E-state index contributed by atoms with van der Waals surface area (Å²) >= 11 is 0. The van der Waals surface area contributed by atoms with Gasteiger partial charge in [-0.05, 0) is 35.4 Å². The molecule has 0 spiro atoms. The highest BCUT2D eigenvalue weighted by molar-refractivity contribution is 5.95. The number of carbonyl (C=O) groups excluding carboxylic acids is 3. The monoisotopic (exact) mass is 477 g/mol. The summed E-state index contributed by atoms with van der Waals surface area (Å²) in [7, 11) is 0. The molecule has 1 aliphatic heterocycles. The fraction of sp³-hybridized carbons (Fsp3) is 0.192. The Balaban J connectivity index is 1.41. The van der Waals surface area contributed by atoms with E-state index in [9.17, 15) is 18.8 Å². The van der Waals surface area contributed by atoms with Crippen molar-refractivity contribution in [2.45, 2.75) is 31.3 Å². The molecule has 0 bridgehead atoms. The van der Waals surface area contributed by atoms with E-state index in [1.165, 1.54) is 24.3 Å². The Morgan fingerprint density at radius 1 is 0.914 bits per heavy atom. The summed E-state index contributed by atoms with van der Waals surface area (Å²) in [6.45, 7) is 0.0234. The van der Waals surface area contributed by atoms with Crippen LogP contribution in [0.5, 0.6) is 5.75 Å². The van der Waals surface area contributed by atoms with E-state index in [1.54, 1.807) is 36.4 Å². The average molecular weight is 477 g/mol. The second kappa shape index (κ2) is 11.1. The quantitative estimate of drug-likeness (QED) is 0.411. The second-order valence-electron chi connectivity index (χ2n) is 7.94. The molecule has 0 aromatic heterocycles. The normalized spacial score (nSPS) is 17.3. The first-order valence-electron chi connectivity index (χ1n) is 11.0. The molecule has 4 rings (SSSR count). The van der Waals surface area contributed by atoms with Crippen molar-refractivity contribution in [3.63, 3.8) is 0 Å². The van der Waals surface area contributed by atoms with E-state index in [1.807, 2.05) is 24.3 Å². The van der Waals surface area contributed by atoms with E-state index in [0.29, 0.717) is 11.3 Å². The van der Waals surface area contributed by atoms with E-state index < -0.39 is 42.0 Å². The van der Waals surface area contributed by atoms with Gasteiger partial charge in [0.1, 0.15) is 24.2 Å². The van der Waals surface area contributed by atoms with Crippen LogP contribution in [0.25, 0.3) is 0 Å². The Morgan fingerprint density at radius 2 is 1.57 bits per heavy atom. The van der Waals surface area contributed by atoms with Crippen LogP contribution in [-0.4, -0.2) is 36.2 Å². The first kappa shape index (κ1) is 23.7. The van der Waals surface area contributed by atoms with Crippen LogP contribution >= 0.6 is 0 Å². The minimum absolute atomic E-state index is 0.0234. The van der Waals surface area contributed by atoms with Crippen LogP contribution in [0.15, 0.2) is 84.9 Å². The van der Waals surface area contributed by atoms with Crippen molar-refractivity contribution in [2.75, 3.05) is 0 Å². The van der Waals surface area contributed by atoms with Crippen LogP contribution in [0.4, 0.5) is 9.18 Å². The van der Waals surface area contributed by atoms with Crippen molar-refractivity contribution in [3.05, 3.63) is 102 Å². The van der Waals surface area contributed by atoms with Gasteiger partial charge >= 0.3 is 6.09 Å². The van der Waals surface area contributed by atoms with Crippen molar-refractivity contribution in [1.29, 1.82) is 0 Å². The molecular weight excluding hydrogens is 453 g/mol. The van der Waals surface area contributed by atoms with Gasteiger partial charge in [-0.2, -0.15) is 0 Å². The summed E-state index contributed by atoms with van der Waals surface area (Å²) in [5.74, 6) is -0.904. The molecule has 1 aliphatic rings. The van der Waals surface area contributed by atoms with Crippen LogP contribution in [0.3, 0.4) is 0 Å². The molecule has 3 atom stereocenters. The number of para-hydroxylation sites is 1. The minimum atomic E-state index is -1.07. The van der Waals surface area contributed by atoms with E-state index in [-0.39, 0.29) is 13.0 Å².